The molecule has 1 saturated heterocycles. The Labute approximate surface area is 178 Å². The summed E-state index contributed by atoms with van der Waals surface area (Å²) in [7, 11) is 1.52. The average molecular weight is 420 g/mol. The predicted molar refractivity (Wildman–Crippen MR) is 113 cm³/mol. The van der Waals surface area contributed by atoms with E-state index in [9.17, 15) is 9.18 Å². The van der Waals surface area contributed by atoms with E-state index in [-0.39, 0.29) is 23.3 Å². The van der Waals surface area contributed by atoms with Gasteiger partial charge in [-0.2, -0.15) is 0 Å². The number of nitrogens with zero attached hydrogens (tertiary/aromatic N) is 5. The topological polar surface area (TPSA) is 90.6 Å². The molecule has 3 aromatic rings. The summed E-state index contributed by atoms with van der Waals surface area (Å²) in [5.41, 5.74) is 7.85. The maximum absolute atomic E-state index is 14.4. The fraction of sp³-hybridized carbons (Fsp3) is 0.273. The number of aromatic nitrogens is 3. The van der Waals surface area contributed by atoms with E-state index < -0.39 is 5.82 Å². The Kier molecular flexibility index (Phi) is 5.40. The number of halogens is 1. The zero-order valence-corrected chi connectivity index (χ0v) is 17.2. The van der Waals surface area contributed by atoms with Crippen molar-refractivity contribution in [1.82, 2.24) is 19.4 Å². The van der Waals surface area contributed by atoms with Gasteiger partial charge in [-0.15, -0.1) is 0 Å². The third-order valence-corrected chi connectivity index (χ3v) is 5.34. The summed E-state index contributed by atoms with van der Waals surface area (Å²) >= 11 is 0. The molecule has 158 valence electrons. The maximum Gasteiger partial charge on any atom is 0.274 e. The molecule has 1 aliphatic heterocycles. The first-order chi connectivity index (χ1) is 14.9. The van der Waals surface area contributed by atoms with E-state index in [2.05, 4.69) is 14.8 Å². The zero-order chi connectivity index (χ0) is 22.1. The normalized spacial score (nSPS) is 15.7. The number of nitrogens with two attached hydrogens (primary N) is 1. The van der Waals surface area contributed by atoms with Crippen LogP contribution in [0.3, 0.4) is 0 Å². The van der Waals surface area contributed by atoms with E-state index in [1.54, 1.807) is 40.8 Å². The van der Waals surface area contributed by atoms with Crippen molar-refractivity contribution >= 4 is 11.6 Å². The summed E-state index contributed by atoms with van der Waals surface area (Å²) in [6, 6.07) is 7.70. The lowest BCUT2D eigenvalue weighted by Gasteiger charge is -2.15. The molecular formula is C22H21FN6O2. The molecule has 31 heavy (non-hydrogen) atoms. The third kappa shape index (κ3) is 3.73. The summed E-state index contributed by atoms with van der Waals surface area (Å²) in [4.78, 5) is 26.8. The monoisotopic (exact) mass is 420 g/mol. The second-order valence-electron chi connectivity index (χ2n) is 7.34. The minimum absolute atomic E-state index is 0.0492. The average Bonchev–Trinajstić information content (AvgIpc) is 3.36. The molecule has 0 saturated carbocycles. The number of hydrogen-bond acceptors (Lipinski definition) is 5. The largest absolute Gasteiger partial charge is 0.481 e. The van der Waals surface area contributed by atoms with Crippen LogP contribution in [0.25, 0.3) is 21.9 Å². The quantitative estimate of drug-likeness (QED) is 0.655. The summed E-state index contributed by atoms with van der Waals surface area (Å²) in [6.07, 6.45) is 2.34. The lowest BCUT2D eigenvalue weighted by Crippen LogP contribution is -2.32. The number of rotatable bonds is 4. The molecule has 3 heterocycles. The van der Waals surface area contributed by atoms with Crippen molar-refractivity contribution in [2.24, 2.45) is 5.73 Å². The number of hydrogen-bond donors (Lipinski definition) is 1. The van der Waals surface area contributed by atoms with Crippen LogP contribution in [0.2, 0.25) is 0 Å². The minimum Gasteiger partial charge on any atom is -0.481 e. The number of amides is 1. The van der Waals surface area contributed by atoms with Crippen LogP contribution in [0.15, 0.2) is 36.5 Å². The molecule has 1 aromatic carbocycles. The second kappa shape index (κ2) is 8.16. The molecule has 0 radical (unpaired) electrons. The van der Waals surface area contributed by atoms with Crippen molar-refractivity contribution in [3.8, 4) is 23.0 Å². The lowest BCUT2D eigenvalue weighted by atomic mass is 10.2. The third-order valence-electron chi connectivity index (χ3n) is 5.34. The van der Waals surface area contributed by atoms with Gasteiger partial charge in [0.25, 0.3) is 5.91 Å². The molecule has 0 bridgehead atoms. The lowest BCUT2D eigenvalue weighted by molar-refractivity contribution is 0.0785. The molecule has 1 fully saturated rings. The van der Waals surface area contributed by atoms with Crippen LogP contribution < -0.4 is 10.5 Å². The number of carbonyl (C=O) groups excluding carboxylic acids is 1. The van der Waals surface area contributed by atoms with Gasteiger partial charge >= 0.3 is 0 Å². The van der Waals surface area contributed by atoms with Crippen molar-refractivity contribution in [1.29, 1.82) is 0 Å². The highest BCUT2D eigenvalue weighted by Crippen LogP contribution is 2.30. The molecule has 0 spiro atoms. The summed E-state index contributed by atoms with van der Waals surface area (Å²) < 4.78 is 21.2. The maximum atomic E-state index is 14.4. The zero-order valence-electron chi connectivity index (χ0n) is 17.2. The first-order valence-electron chi connectivity index (χ1n) is 9.75. The van der Waals surface area contributed by atoms with Crippen LogP contribution in [-0.2, 0) is 0 Å². The molecule has 4 rings (SSSR count). The van der Waals surface area contributed by atoms with Gasteiger partial charge in [0.05, 0.1) is 31.3 Å². The van der Waals surface area contributed by atoms with Gasteiger partial charge in [-0.05, 0) is 25.5 Å². The van der Waals surface area contributed by atoms with Gasteiger partial charge in [-0.25, -0.2) is 19.2 Å². The van der Waals surface area contributed by atoms with Crippen LogP contribution in [0.4, 0.5) is 10.1 Å². The van der Waals surface area contributed by atoms with E-state index in [0.29, 0.717) is 41.7 Å². The first-order valence-corrected chi connectivity index (χ1v) is 9.75. The SMILES string of the molecule is [C-]#[N+]c1ccc(-c2nc(C(=O)N3CC[C@@H](N)C3)c(C)n2-c2ccc(OC)nc2)cc1F. The summed E-state index contributed by atoms with van der Waals surface area (Å²) in [6.45, 7) is 9.89. The Bertz CT molecular complexity index is 1180. The molecule has 2 N–H and O–H groups in total. The number of methoxy groups -OCH3 is 1. The van der Waals surface area contributed by atoms with Gasteiger partial charge in [-0.3, -0.25) is 9.36 Å². The highest BCUT2D eigenvalue weighted by molar-refractivity contribution is 5.94. The van der Waals surface area contributed by atoms with E-state index in [1.165, 1.54) is 19.2 Å². The van der Waals surface area contributed by atoms with Crippen molar-refractivity contribution in [2.45, 2.75) is 19.4 Å². The molecule has 1 aliphatic rings. The number of benzene rings is 1. The van der Waals surface area contributed by atoms with E-state index >= 15 is 0 Å². The fourth-order valence-corrected chi connectivity index (χ4v) is 3.70. The van der Waals surface area contributed by atoms with Gasteiger partial charge in [0, 0.05) is 30.8 Å². The van der Waals surface area contributed by atoms with Crippen molar-refractivity contribution in [3.63, 3.8) is 0 Å². The van der Waals surface area contributed by atoms with Gasteiger partial charge < -0.3 is 15.4 Å². The molecule has 0 unspecified atom stereocenters. The van der Waals surface area contributed by atoms with Crippen molar-refractivity contribution in [2.75, 3.05) is 20.2 Å². The van der Waals surface area contributed by atoms with Gasteiger partial charge in [0.1, 0.15) is 17.3 Å². The van der Waals surface area contributed by atoms with E-state index in [1.807, 2.05) is 0 Å². The number of likely N-dealkylation sites (tertiary alicyclic amines) is 1. The van der Waals surface area contributed by atoms with Crippen LogP contribution in [0.1, 0.15) is 22.6 Å². The van der Waals surface area contributed by atoms with Crippen LogP contribution in [-0.4, -0.2) is 51.6 Å². The predicted octanol–water partition coefficient (Wildman–Crippen LogP) is 3.11. The highest BCUT2D eigenvalue weighted by atomic mass is 19.1. The number of imidazole rings is 1. The number of pyridine rings is 1. The Hall–Kier alpha value is -3.77. The van der Waals surface area contributed by atoms with Crippen LogP contribution in [0.5, 0.6) is 5.88 Å². The summed E-state index contributed by atoms with van der Waals surface area (Å²) in [5, 5.41) is 0. The molecule has 2 aromatic heterocycles. The second-order valence-corrected chi connectivity index (χ2v) is 7.34. The van der Waals surface area contributed by atoms with Crippen LogP contribution >= 0.6 is 0 Å². The van der Waals surface area contributed by atoms with E-state index in [0.717, 1.165) is 6.42 Å². The Morgan fingerprint density at radius 3 is 2.74 bits per heavy atom. The summed E-state index contributed by atoms with van der Waals surface area (Å²) in [5.74, 6) is -0.0410. The smallest absolute Gasteiger partial charge is 0.274 e. The van der Waals surface area contributed by atoms with Crippen LogP contribution in [0, 0.1) is 19.3 Å². The molecule has 1 amide bonds. The molecule has 8 nitrogen and oxygen atoms in total. The minimum atomic E-state index is -0.647. The fourth-order valence-electron chi connectivity index (χ4n) is 3.70. The molecule has 0 aliphatic carbocycles. The van der Waals surface area contributed by atoms with Gasteiger partial charge in [-0.1, -0.05) is 12.1 Å². The number of ether oxygens (including phenoxy) is 1. The molecule has 9 heteroatoms. The van der Waals surface area contributed by atoms with Crippen molar-refractivity contribution < 1.29 is 13.9 Å². The van der Waals surface area contributed by atoms with Crippen molar-refractivity contribution in [3.05, 3.63) is 65.2 Å². The Balaban J connectivity index is 1.86. The Morgan fingerprint density at radius 1 is 1.35 bits per heavy atom. The first kappa shape index (κ1) is 20.5. The molecular weight excluding hydrogens is 399 g/mol. The number of carbonyl (C=O) groups is 1. The highest BCUT2D eigenvalue weighted by Gasteiger charge is 2.29. The van der Waals surface area contributed by atoms with Gasteiger partial charge in [0.2, 0.25) is 11.6 Å². The van der Waals surface area contributed by atoms with E-state index in [4.69, 9.17) is 17.0 Å². The Morgan fingerprint density at radius 2 is 2.16 bits per heavy atom. The standard InChI is InChI=1S/C22H21FN6O2/c1-13-20(22(30)28-9-8-15(24)12-28)27-21(14-4-6-18(25-2)17(23)10-14)29(13)16-5-7-19(31-3)26-11-16/h4-7,10-11,15H,8-9,12,24H2,1,3H3/t15-/m1/s1. The van der Waals surface area contributed by atoms with Gasteiger partial charge in [0.15, 0.2) is 0 Å². The molecule has 1 atom stereocenters.